The monoisotopic (exact) mass is 552 g/mol. The van der Waals surface area contributed by atoms with Crippen LogP contribution in [-0.2, 0) is 13.0 Å². The van der Waals surface area contributed by atoms with Gasteiger partial charge in [0.15, 0.2) is 5.96 Å². The summed E-state index contributed by atoms with van der Waals surface area (Å²) in [6.07, 6.45) is 4.58. The van der Waals surface area contributed by atoms with Crippen molar-refractivity contribution in [1.29, 1.82) is 0 Å². The first-order valence-electron chi connectivity index (χ1n) is 10.4. The van der Waals surface area contributed by atoms with Gasteiger partial charge in [-0.3, -0.25) is 4.99 Å². The fraction of sp³-hybridized carbons (Fsp3) is 0.409. The molecule has 7 nitrogen and oxygen atoms in total. The second kappa shape index (κ2) is 12.1. The lowest BCUT2D eigenvalue weighted by molar-refractivity contribution is 0.397. The average molecular weight is 552 g/mol. The second-order valence-electron chi connectivity index (χ2n) is 7.23. The smallest absolute Gasteiger partial charge is 0.191 e. The largest absolute Gasteiger partial charge is 0.469 e. The zero-order valence-electron chi connectivity index (χ0n) is 17.7. The number of fused-ring (bicyclic) bond motifs is 1. The molecule has 0 amide bonds. The number of aromatic nitrogens is 3. The molecule has 3 heterocycles. The van der Waals surface area contributed by atoms with Crippen LogP contribution in [0.4, 0.5) is 0 Å². The van der Waals surface area contributed by atoms with Gasteiger partial charge >= 0.3 is 0 Å². The highest BCUT2D eigenvalue weighted by Crippen LogP contribution is 2.23. The third kappa shape index (κ3) is 6.99. The minimum absolute atomic E-state index is 0. The molecule has 4 rings (SSSR count). The van der Waals surface area contributed by atoms with Crippen LogP contribution in [0.15, 0.2) is 63.0 Å². The molecule has 2 N–H and O–H groups in total. The molecule has 0 bridgehead atoms. The molecule has 0 radical (unpaired) electrons. The highest BCUT2D eigenvalue weighted by atomic mass is 127. The Morgan fingerprint density at radius 1 is 1.26 bits per heavy atom. The summed E-state index contributed by atoms with van der Waals surface area (Å²) in [5.74, 6) is 4.54. The van der Waals surface area contributed by atoms with Crippen molar-refractivity contribution in [2.24, 2.45) is 4.99 Å². The molecule has 2 aromatic heterocycles. The van der Waals surface area contributed by atoms with Crippen molar-refractivity contribution in [3.63, 3.8) is 0 Å². The van der Waals surface area contributed by atoms with Crippen molar-refractivity contribution in [3.8, 4) is 0 Å². The van der Waals surface area contributed by atoms with E-state index in [9.17, 15) is 0 Å². The quantitative estimate of drug-likeness (QED) is 0.143. The van der Waals surface area contributed by atoms with Crippen molar-refractivity contribution in [3.05, 3.63) is 66.1 Å². The number of rotatable bonds is 8. The van der Waals surface area contributed by atoms with E-state index in [1.807, 2.05) is 41.6 Å². The lowest BCUT2D eigenvalue weighted by Crippen LogP contribution is -2.42. The Bertz CT molecular complexity index is 944. The number of guanidine groups is 1. The van der Waals surface area contributed by atoms with Crippen LogP contribution in [0.3, 0.4) is 0 Å². The van der Waals surface area contributed by atoms with Crippen molar-refractivity contribution < 1.29 is 4.42 Å². The Morgan fingerprint density at radius 3 is 2.94 bits per heavy atom. The van der Waals surface area contributed by atoms with Crippen LogP contribution in [0.2, 0.25) is 0 Å². The van der Waals surface area contributed by atoms with Crippen LogP contribution < -0.4 is 10.6 Å². The highest BCUT2D eigenvalue weighted by Gasteiger charge is 2.24. The third-order valence-corrected chi connectivity index (χ3v) is 5.92. The van der Waals surface area contributed by atoms with Gasteiger partial charge in [0, 0.05) is 36.7 Å². The minimum Gasteiger partial charge on any atom is -0.469 e. The maximum absolute atomic E-state index is 5.43. The fourth-order valence-electron chi connectivity index (χ4n) is 3.51. The molecule has 0 spiro atoms. The van der Waals surface area contributed by atoms with Crippen LogP contribution >= 0.6 is 35.7 Å². The Kier molecular flexibility index (Phi) is 9.26. The Labute approximate surface area is 204 Å². The second-order valence-corrected chi connectivity index (χ2v) is 8.40. The van der Waals surface area contributed by atoms with Gasteiger partial charge < -0.3 is 15.1 Å². The SMILES string of the molecule is Cc1nc2n(n1)CCCC2NC(=NCCc1ccco1)NCCSc1ccccc1.I. The molecule has 3 aromatic rings. The number of halogens is 1. The van der Waals surface area contributed by atoms with Gasteiger partial charge in [0.1, 0.15) is 17.4 Å². The van der Waals surface area contributed by atoms with Gasteiger partial charge in [-0.15, -0.1) is 35.7 Å². The summed E-state index contributed by atoms with van der Waals surface area (Å²) in [6.45, 7) is 4.36. The van der Waals surface area contributed by atoms with Crippen LogP contribution in [-0.4, -0.2) is 39.6 Å². The number of hydrogen-bond donors (Lipinski definition) is 2. The maximum atomic E-state index is 5.43. The van der Waals surface area contributed by atoms with Gasteiger partial charge in [-0.05, 0) is 44.0 Å². The van der Waals surface area contributed by atoms with Crippen LogP contribution in [0.25, 0.3) is 0 Å². The first-order valence-corrected chi connectivity index (χ1v) is 11.4. The summed E-state index contributed by atoms with van der Waals surface area (Å²) in [4.78, 5) is 10.7. The zero-order chi connectivity index (χ0) is 20.6. The van der Waals surface area contributed by atoms with Gasteiger partial charge in [0.2, 0.25) is 0 Å². The number of hydrogen-bond acceptors (Lipinski definition) is 5. The summed E-state index contributed by atoms with van der Waals surface area (Å²) in [5, 5.41) is 11.6. The molecule has 1 aliphatic rings. The van der Waals surface area contributed by atoms with Crippen molar-refractivity contribution in [1.82, 2.24) is 25.4 Å². The molecule has 9 heteroatoms. The normalized spacial score (nSPS) is 15.8. The van der Waals surface area contributed by atoms with E-state index in [0.29, 0.717) is 6.54 Å². The molecule has 0 saturated carbocycles. The maximum Gasteiger partial charge on any atom is 0.191 e. The molecule has 0 fully saturated rings. The first-order chi connectivity index (χ1) is 14.8. The van der Waals surface area contributed by atoms with E-state index >= 15 is 0 Å². The molecule has 1 atom stereocenters. The summed E-state index contributed by atoms with van der Waals surface area (Å²) in [5.41, 5.74) is 0. The van der Waals surface area contributed by atoms with E-state index in [-0.39, 0.29) is 30.0 Å². The number of furan rings is 1. The van der Waals surface area contributed by atoms with Crippen LogP contribution in [0, 0.1) is 6.92 Å². The molecular formula is C22H29IN6OS. The first kappa shape index (κ1) is 23.6. The lowest BCUT2D eigenvalue weighted by Gasteiger charge is -2.25. The number of nitrogens with one attached hydrogen (secondary N) is 2. The molecule has 0 aliphatic carbocycles. The Balaban J connectivity index is 0.00000272. The average Bonchev–Trinajstić information content (AvgIpc) is 3.41. The van der Waals surface area contributed by atoms with Gasteiger partial charge in [-0.25, -0.2) is 9.67 Å². The molecular weight excluding hydrogens is 523 g/mol. The highest BCUT2D eigenvalue weighted by molar-refractivity contribution is 14.0. The van der Waals surface area contributed by atoms with Gasteiger partial charge in [0.25, 0.3) is 0 Å². The Hall–Kier alpha value is -2.01. The van der Waals surface area contributed by atoms with E-state index in [4.69, 9.17) is 9.41 Å². The van der Waals surface area contributed by atoms with Crippen LogP contribution in [0.5, 0.6) is 0 Å². The number of thioether (sulfide) groups is 1. The number of nitrogens with zero attached hydrogens (tertiary/aromatic N) is 4. The predicted molar refractivity (Wildman–Crippen MR) is 135 cm³/mol. The summed E-state index contributed by atoms with van der Waals surface area (Å²) in [7, 11) is 0. The number of benzene rings is 1. The van der Waals surface area contributed by atoms with E-state index in [2.05, 4.69) is 45.0 Å². The van der Waals surface area contributed by atoms with Gasteiger partial charge in [-0.1, -0.05) is 18.2 Å². The summed E-state index contributed by atoms with van der Waals surface area (Å²) < 4.78 is 7.44. The van der Waals surface area contributed by atoms with E-state index in [1.165, 1.54) is 4.90 Å². The van der Waals surface area contributed by atoms with E-state index < -0.39 is 0 Å². The summed E-state index contributed by atoms with van der Waals surface area (Å²) >= 11 is 1.84. The fourth-order valence-corrected chi connectivity index (χ4v) is 4.30. The lowest BCUT2D eigenvalue weighted by atomic mass is 10.1. The minimum atomic E-state index is 0. The standard InChI is InChI=1S/C22H28N6OS.HI/c1-17-25-21-20(10-5-14-28(21)27-17)26-22(23-12-11-18-7-6-15-29-18)24-13-16-30-19-8-3-2-4-9-19;/h2-4,6-9,15,20H,5,10-14,16H2,1H3,(H2,23,24,26);1H. The molecule has 31 heavy (non-hydrogen) atoms. The molecule has 1 unspecified atom stereocenters. The van der Waals surface area contributed by atoms with Crippen LogP contribution in [0.1, 0.15) is 36.3 Å². The molecule has 1 aliphatic heterocycles. The third-order valence-electron chi connectivity index (χ3n) is 4.91. The number of aliphatic imine (C=N–C) groups is 1. The van der Waals surface area contributed by atoms with E-state index in [1.54, 1.807) is 6.26 Å². The molecule has 1 aromatic carbocycles. The van der Waals surface area contributed by atoms with Gasteiger partial charge in [0.05, 0.1) is 12.3 Å². The van der Waals surface area contributed by atoms with Gasteiger partial charge in [-0.2, -0.15) is 5.10 Å². The van der Waals surface area contributed by atoms with Crippen molar-refractivity contribution in [2.45, 2.75) is 43.7 Å². The number of aryl methyl sites for hydroxylation is 2. The topological polar surface area (TPSA) is 80.3 Å². The van der Waals surface area contributed by atoms with E-state index in [0.717, 1.165) is 61.5 Å². The van der Waals surface area contributed by atoms with Crippen molar-refractivity contribution in [2.75, 3.05) is 18.8 Å². The molecule has 0 saturated heterocycles. The zero-order valence-corrected chi connectivity index (χ0v) is 20.8. The van der Waals surface area contributed by atoms with Crippen molar-refractivity contribution >= 4 is 41.7 Å². The Morgan fingerprint density at radius 2 is 2.13 bits per heavy atom. The summed E-state index contributed by atoms with van der Waals surface area (Å²) in [6, 6.07) is 14.5. The molecule has 166 valence electrons. The predicted octanol–water partition coefficient (Wildman–Crippen LogP) is 4.20.